The van der Waals surface area contributed by atoms with Gasteiger partial charge in [-0.1, -0.05) is 36.1 Å². The monoisotopic (exact) mass is 285 g/mol. The largest absolute Gasteiger partial charge is 0.296 e. The van der Waals surface area contributed by atoms with Crippen molar-refractivity contribution in [3.63, 3.8) is 0 Å². The molecule has 90 valence electrons. The molecule has 0 spiro atoms. The average molecular weight is 285 g/mol. The maximum absolute atomic E-state index is 11.7. The summed E-state index contributed by atoms with van der Waals surface area (Å²) < 4.78 is 0.897. The Balaban J connectivity index is 1.95. The van der Waals surface area contributed by atoms with E-state index in [1.807, 2.05) is 11.4 Å². The number of amides is 1. The highest BCUT2D eigenvalue weighted by Crippen LogP contribution is 2.26. The van der Waals surface area contributed by atoms with Gasteiger partial charge in [-0.25, -0.2) is 0 Å². The maximum Gasteiger partial charge on any atom is 0.267 e. The molecule has 0 aliphatic rings. The number of carbonyl (C=O) groups is 1. The number of hydrogen-bond acceptors (Lipinski definition) is 6. The Bertz CT molecular complexity index is 481. The molecule has 0 unspecified atom stereocenters. The minimum atomic E-state index is -0.122. The molecular formula is C10H11N3OS3. The molecule has 7 heteroatoms. The van der Waals surface area contributed by atoms with Crippen LogP contribution in [0.3, 0.4) is 0 Å². The minimum Gasteiger partial charge on any atom is -0.296 e. The molecule has 0 aliphatic carbocycles. The van der Waals surface area contributed by atoms with Crippen LogP contribution in [0.4, 0.5) is 5.13 Å². The van der Waals surface area contributed by atoms with E-state index in [0.717, 1.165) is 16.5 Å². The van der Waals surface area contributed by atoms with Crippen LogP contribution in [0, 0.1) is 0 Å². The molecule has 4 nitrogen and oxygen atoms in total. The van der Waals surface area contributed by atoms with Crippen molar-refractivity contribution in [1.82, 2.24) is 10.2 Å². The molecule has 0 aliphatic heterocycles. The summed E-state index contributed by atoms with van der Waals surface area (Å²) >= 11 is 4.48. The third-order valence-corrected chi connectivity index (χ3v) is 4.85. The van der Waals surface area contributed by atoms with Gasteiger partial charge in [-0.15, -0.1) is 21.5 Å². The van der Waals surface area contributed by atoms with Gasteiger partial charge in [0, 0.05) is 5.75 Å². The number of hydrogen-bond donors (Lipinski definition) is 1. The second kappa shape index (κ2) is 6.13. The van der Waals surface area contributed by atoms with Crippen molar-refractivity contribution in [3.05, 3.63) is 22.4 Å². The van der Waals surface area contributed by atoms with E-state index in [1.165, 1.54) is 22.7 Å². The Morgan fingerprint density at radius 3 is 3.12 bits per heavy atom. The molecular weight excluding hydrogens is 274 g/mol. The van der Waals surface area contributed by atoms with Crippen LogP contribution in [0.5, 0.6) is 0 Å². The van der Waals surface area contributed by atoms with Crippen LogP contribution in [0.25, 0.3) is 0 Å². The van der Waals surface area contributed by atoms with E-state index in [2.05, 4.69) is 22.4 Å². The van der Waals surface area contributed by atoms with Gasteiger partial charge in [0.1, 0.15) is 0 Å². The second-order valence-electron chi connectivity index (χ2n) is 3.15. The molecule has 0 saturated carbocycles. The predicted octanol–water partition coefficient (Wildman–Crippen LogP) is 3.35. The van der Waals surface area contributed by atoms with Crippen molar-refractivity contribution in [2.75, 3.05) is 11.1 Å². The molecule has 1 N–H and O–H groups in total. The van der Waals surface area contributed by atoms with Gasteiger partial charge in [-0.3, -0.25) is 10.1 Å². The highest BCUT2D eigenvalue weighted by atomic mass is 32.2. The summed E-state index contributed by atoms with van der Waals surface area (Å²) in [7, 11) is 0. The lowest BCUT2D eigenvalue weighted by molar-refractivity contribution is 0.103. The highest BCUT2D eigenvalue weighted by Gasteiger charge is 2.10. The lowest BCUT2D eigenvalue weighted by Gasteiger charge is -1.96. The molecule has 0 radical (unpaired) electrons. The molecule has 0 fully saturated rings. The Kier molecular flexibility index (Phi) is 4.52. The summed E-state index contributed by atoms with van der Waals surface area (Å²) in [4.78, 5) is 12.4. The van der Waals surface area contributed by atoms with Crippen molar-refractivity contribution in [3.8, 4) is 0 Å². The fraction of sp³-hybridized carbons (Fsp3) is 0.300. The van der Waals surface area contributed by atoms with E-state index in [4.69, 9.17) is 0 Å². The molecule has 2 aromatic rings. The second-order valence-corrected chi connectivity index (χ2v) is 6.42. The summed E-state index contributed by atoms with van der Waals surface area (Å²) in [5, 5.41) is 13.1. The number of thiophene rings is 1. The van der Waals surface area contributed by atoms with E-state index < -0.39 is 0 Å². The van der Waals surface area contributed by atoms with E-state index in [1.54, 1.807) is 17.8 Å². The Labute approximate surface area is 111 Å². The van der Waals surface area contributed by atoms with Gasteiger partial charge in [0.15, 0.2) is 4.34 Å². The zero-order valence-electron chi connectivity index (χ0n) is 9.17. The number of thioether (sulfide) groups is 1. The van der Waals surface area contributed by atoms with Crippen molar-refractivity contribution in [1.29, 1.82) is 0 Å². The van der Waals surface area contributed by atoms with Gasteiger partial charge in [0.2, 0.25) is 5.13 Å². The van der Waals surface area contributed by atoms with Crippen molar-refractivity contribution < 1.29 is 4.79 Å². The van der Waals surface area contributed by atoms with Crippen LogP contribution >= 0.6 is 34.4 Å². The van der Waals surface area contributed by atoms with E-state index in [9.17, 15) is 4.79 Å². The maximum atomic E-state index is 11.7. The average Bonchev–Trinajstić information content (AvgIpc) is 2.97. The lowest BCUT2D eigenvalue weighted by Crippen LogP contribution is -2.09. The fourth-order valence-corrected chi connectivity index (χ4v) is 3.37. The van der Waals surface area contributed by atoms with Crippen molar-refractivity contribution in [2.24, 2.45) is 0 Å². The van der Waals surface area contributed by atoms with Crippen LogP contribution in [-0.4, -0.2) is 21.9 Å². The van der Waals surface area contributed by atoms with Crippen LogP contribution < -0.4 is 5.32 Å². The smallest absolute Gasteiger partial charge is 0.267 e. The first-order valence-corrected chi connectivity index (χ1v) is 7.79. The SMILES string of the molecule is CCCSc1nnc(NC(=O)c2cccs2)s1. The minimum absolute atomic E-state index is 0.122. The van der Waals surface area contributed by atoms with E-state index >= 15 is 0 Å². The lowest BCUT2D eigenvalue weighted by atomic mass is 10.4. The van der Waals surface area contributed by atoms with Gasteiger partial charge < -0.3 is 0 Å². The third kappa shape index (κ3) is 3.52. The Morgan fingerprint density at radius 2 is 2.41 bits per heavy atom. The normalized spacial score (nSPS) is 10.4. The van der Waals surface area contributed by atoms with Crippen molar-refractivity contribution in [2.45, 2.75) is 17.7 Å². The first-order valence-electron chi connectivity index (χ1n) is 5.10. The molecule has 0 aromatic carbocycles. The van der Waals surface area contributed by atoms with Crippen LogP contribution in [0.1, 0.15) is 23.0 Å². The van der Waals surface area contributed by atoms with Gasteiger partial charge in [0.05, 0.1) is 4.88 Å². The topological polar surface area (TPSA) is 54.9 Å². The van der Waals surface area contributed by atoms with E-state index in [-0.39, 0.29) is 5.91 Å². The van der Waals surface area contributed by atoms with Crippen LogP contribution in [-0.2, 0) is 0 Å². The summed E-state index contributed by atoms with van der Waals surface area (Å²) in [5.74, 6) is 0.899. The number of rotatable bonds is 5. The number of nitrogens with one attached hydrogen (secondary N) is 1. The molecule has 2 rings (SSSR count). The number of nitrogens with zero attached hydrogens (tertiary/aromatic N) is 2. The van der Waals surface area contributed by atoms with E-state index in [0.29, 0.717) is 10.0 Å². The molecule has 0 saturated heterocycles. The highest BCUT2D eigenvalue weighted by molar-refractivity contribution is 8.01. The third-order valence-electron chi connectivity index (χ3n) is 1.80. The quantitative estimate of drug-likeness (QED) is 0.676. The first kappa shape index (κ1) is 12.5. The summed E-state index contributed by atoms with van der Waals surface area (Å²) in [5.41, 5.74) is 0. The fourth-order valence-electron chi connectivity index (χ4n) is 1.07. The summed E-state index contributed by atoms with van der Waals surface area (Å²) in [6.07, 6.45) is 1.10. The first-order chi connectivity index (χ1) is 8.29. The summed E-state index contributed by atoms with van der Waals surface area (Å²) in [6.45, 7) is 2.12. The molecule has 2 aromatic heterocycles. The standard InChI is InChI=1S/C10H11N3OS3/c1-2-5-16-10-13-12-9(17-10)11-8(14)7-4-3-6-15-7/h3-4,6H,2,5H2,1H3,(H,11,12,14). The molecule has 2 heterocycles. The number of carbonyl (C=O) groups excluding carboxylic acids is 1. The van der Waals surface area contributed by atoms with Gasteiger partial charge in [-0.2, -0.15) is 0 Å². The number of aromatic nitrogens is 2. The predicted molar refractivity (Wildman–Crippen MR) is 73.2 cm³/mol. The van der Waals surface area contributed by atoms with Gasteiger partial charge >= 0.3 is 0 Å². The molecule has 0 atom stereocenters. The zero-order chi connectivity index (χ0) is 12.1. The Morgan fingerprint density at radius 1 is 1.53 bits per heavy atom. The van der Waals surface area contributed by atoms with Gasteiger partial charge in [0.25, 0.3) is 5.91 Å². The van der Waals surface area contributed by atoms with Gasteiger partial charge in [-0.05, 0) is 17.9 Å². The van der Waals surface area contributed by atoms with Crippen LogP contribution in [0.2, 0.25) is 0 Å². The number of anilines is 1. The molecule has 17 heavy (non-hydrogen) atoms. The van der Waals surface area contributed by atoms with Crippen LogP contribution in [0.15, 0.2) is 21.9 Å². The molecule has 1 amide bonds. The zero-order valence-corrected chi connectivity index (χ0v) is 11.6. The Hall–Kier alpha value is -0.920. The molecule has 0 bridgehead atoms. The van der Waals surface area contributed by atoms with Crippen molar-refractivity contribution >= 4 is 45.5 Å². The summed E-state index contributed by atoms with van der Waals surface area (Å²) in [6, 6.07) is 3.63.